The van der Waals surface area contributed by atoms with E-state index in [4.69, 9.17) is 9.47 Å². The van der Waals surface area contributed by atoms with Crippen molar-refractivity contribution < 1.29 is 28.6 Å². The molecule has 0 aliphatic carbocycles. The van der Waals surface area contributed by atoms with Gasteiger partial charge in [-0.3, -0.25) is 0 Å². The molecule has 7 nitrogen and oxygen atoms in total. The van der Waals surface area contributed by atoms with E-state index in [1.807, 2.05) is 0 Å². The lowest BCUT2D eigenvalue weighted by molar-refractivity contribution is -0.155. The fourth-order valence-electron chi connectivity index (χ4n) is 1.65. The molecule has 120 valence electrons. The molecule has 1 aromatic carbocycles. The Morgan fingerprint density at radius 3 is 1.91 bits per heavy atom. The van der Waals surface area contributed by atoms with Crippen LogP contribution >= 0.6 is 0 Å². The molecule has 0 saturated carbocycles. The van der Waals surface area contributed by atoms with Crippen LogP contribution in [-0.4, -0.2) is 44.3 Å². The molecule has 0 radical (unpaired) electrons. The number of methoxy groups -OCH3 is 1. The molecule has 0 aromatic heterocycles. The Balaban J connectivity index is 2.86. The maximum Gasteiger partial charge on any atom is 0.340 e. The van der Waals surface area contributed by atoms with Gasteiger partial charge >= 0.3 is 17.9 Å². The second kappa shape index (κ2) is 8.66. The number of rotatable bonds is 7. The SMILES string of the molecule is CCOC(=O)C(Nc1ccc(C(=O)OC)cc1)C(=O)OCC. The van der Waals surface area contributed by atoms with E-state index in [-0.39, 0.29) is 13.2 Å². The number of benzene rings is 1. The monoisotopic (exact) mass is 309 g/mol. The molecule has 22 heavy (non-hydrogen) atoms. The van der Waals surface area contributed by atoms with Gasteiger partial charge in [0, 0.05) is 5.69 Å². The van der Waals surface area contributed by atoms with E-state index in [1.54, 1.807) is 26.0 Å². The molecular weight excluding hydrogens is 290 g/mol. The Kier molecular flexibility index (Phi) is 6.88. The van der Waals surface area contributed by atoms with Crippen LogP contribution in [0, 0.1) is 0 Å². The van der Waals surface area contributed by atoms with Crippen LogP contribution in [0.25, 0.3) is 0 Å². The quantitative estimate of drug-likeness (QED) is 0.462. The number of carbonyl (C=O) groups excluding carboxylic acids is 3. The van der Waals surface area contributed by atoms with E-state index >= 15 is 0 Å². The zero-order valence-corrected chi connectivity index (χ0v) is 12.8. The second-order valence-electron chi connectivity index (χ2n) is 4.15. The largest absolute Gasteiger partial charge is 0.465 e. The Morgan fingerprint density at radius 2 is 1.50 bits per heavy atom. The van der Waals surface area contributed by atoms with Crippen LogP contribution in [-0.2, 0) is 23.8 Å². The van der Waals surface area contributed by atoms with Gasteiger partial charge in [-0.05, 0) is 38.1 Å². The topological polar surface area (TPSA) is 90.9 Å². The molecule has 0 unspecified atom stereocenters. The van der Waals surface area contributed by atoms with Crippen molar-refractivity contribution >= 4 is 23.6 Å². The Labute approximate surface area is 128 Å². The molecule has 1 aromatic rings. The Hall–Kier alpha value is -2.57. The number of esters is 3. The van der Waals surface area contributed by atoms with E-state index in [9.17, 15) is 14.4 Å². The van der Waals surface area contributed by atoms with E-state index in [0.717, 1.165) is 0 Å². The van der Waals surface area contributed by atoms with Crippen LogP contribution in [0.2, 0.25) is 0 Å². The van der Waals surface area contributed by atoms with Crippen LogP contribution in [0.15, 0.2) is 24.3 Å². The third-order valence-electron chi connectivity index (χ3n) is 2.66. The summed E-state index contributed by atoms with van der Waals surface area (Å²) in [6, 6.07) is 4.88. The van der Waals surface area contributed by atoms with Crippen molar-refractivity contribution in [1.29, 1.82) is 0 Å². The van der Waals surface area contributed by atoms with Crippen LogP contribution in [0.3, 0.4) is 0 Å². The molecule has 0 bridgehead atoms. The van der Waals surface area contributed by atoms with Gasteiger partial charge in [-0.25, -0.2) is 14.4 Å². The summed E-state index contributed by atoms with van der Waals surface area (Å²) in [5, 5.41) is 2.73. The van der Waals surface area contributed by atoms with Gasteiger partial charge in [-0.2, -0.15) is 0 Å². The predicted octanol–water partition coefficient (Wildman–Crippen LogP) is 1.38. The predicted molar refractivity (Wildman–Crippen MR) is 78.5 cm³/mol. The smallest absolute Gasteiger partial charge is 0.340 e. The first-order chi connectivity index (χ1) is 10.5. The van der Waals surface area contributed by atoms with Crippen LogP contribution in [0.1, 0.15) is 24.2 Å². The van der Waals surface area contributed by atoms with Crippen molar-refractivity contribution in [1.82, 2.24) is 0 Å². The van der Waals surface area contributed by atoms with Crippen LogP contribution in [0.5, 0.6) is 0 Å². The number of ether oxygens (including phenoxy) is 3. The van der Waals surface area contributed by atoms with Crippen molar-refractivity contribution in [3.05, 3.63) is 29.8 Å². The number of anilines is 1. The van der Waals surface area contributed by atoms with Gasteiger partial charge < -0.3 is 19.5 Å². The molecule has 7 heteroatoms. The molecule has 0 heterocycles. The molecule has 0 aliphatic rings. The van der Waals surface area contributed by atoms with Gasteiger partial charge in [0.25, 0.3) is 0 Å². The average Bonchev–Trinajstić information content (AvgIpc) is 2.52. The van der Waals surface area contributed by atoms with E-state index in [0.29, 0.717) is 11.3 Å². The first-order valence-corrected chi connectivity index (χ1v) is 6.81. The summed E-state index contributed by atoms with van der Waals surface area (Å²) >= 11 is 0. The van der Waals surface area contributed by atoms with Gasteiger partial charge in [-0.1, -0.05) is 0 Å². The zero-order valence-electron chi connectivity index (χ0n) is 12.8. The normalized spacial score (nSPS) is 10.0. The highest BCUT2D eigenvalue weighted by atomic mass is 16.6. The van der Waals surface area contributed by atoms with E-state index < -0.39 is 23.9 Å². The van der Waals surface area contributed by atoms with Gasteiger partial charge in [0.1, 0.15) is 0 Å². The van der Waals surface area contributed by atoms with Crippen molar-refractivity contribution in [2.24, 2.45) is 0 Å². The molecule has 0 spiro atoms. The summed E-state index contributed by atoms with van der Waals surface area (Å²) in [7, 11) is 1.28. The fourth-order valence-corrected chi connectivity index (χ4v) is 1.65. The van der Waals surface area contributed by atoms with E-state index in [2.05, 4.69) is 10.1 Å². The molecule has 0 atom stereocenters. The summed E-state index contributed by atoms with van der Waals surface area (Å²) < 4.78 is 14.3. The molecule has 0 aliphatic heterocycles. The Bertz CT molecular complexity index is 507. The molecule has 0 saturated heterocycles. The number of nitrogens with one attached hydrogen (secondary N) is 1. The minimum atomic E-state index is -1.26. The van der Waals surface area contributed by atoms with Gasteiger partial charge in [0.05, 0.1) is 25.9 Å². The Morgan fingerprint density at radius 1 is 1.00 bits per heavy atom. The summed E-state index contributed by atoms with van der Waals surface area (Å²) in [5.74, 6) is -1.92. The van der Waals surface area contributed by atoms with Crippen LogP contribution in [0.4, 0.5) is 5.69 Å². The molecule has 1 rings (SSSR count). The standard InChI is InChI=1S/C15H19NO6/c1-4-21-14(18)12(15(19)22-5-2)16-11-8-6-10(7-9-11)13(17)20-3/h6-9,12,16H,4-5H2,1-3H3. The van der Waals surface area contributed by atoms with Gasteiger partial charge in [0.15, 0.2) is 0 Å². The van der Waals surface area contributed by atoms with Crippen molar-refractivity contribution in [2.75, 3.05) is 25.6 Å². The summed E-state index contributed by atoms with van der Waals surface area (Å²) in [6.45, 7) is 3.59. The molecular formula is C15H19NO6. The van der Waals surface area contributed by atoms with Crippen molar-refractivity contribution in [3.8, 4) is 0 Å². The second-order valence-corrected chi connectivity index (χ2v) is 4.15. The van der Waals surface area contributed by atoms with Gasteiger partial charge in [0.2, 0.25) is 6.04 Å². The minimum Gasteiger partial charge on any atom is -0.465 e. The minimum absolute atomic E-state index is 0.150. The summed E-state index contributed by atoms with van der Waals surface area (Å²) in [4.78, 5) is 35.0. The highest BCUT2D eigenvalue weighted by molar-refractivity contribution is 6.02. The number of hydrogen-bond acceptors (Lipinski definition) is 7. The lowest BCUT2D eigenvalue weighted by Gasteiger charge is -2.17. The third kappa shape index (κ3) is 4.76. The molecule has 0 amide bonds. The fraction of sp³-hybridized carbons (Fsp3) is 0.400. The van der Waals surface area contributed by atoms with Crippen molar-refractivity contribution in [3.63, 3.8) is 0 Å². The lowest BCUT2D eigenvalue weighted by Crippen LogP contribution is -2.40. The average molecular weight is 309 g/mol. The molecule has 1 N–H and O–H groups in total. The third-order valence-corrected chi connectivity index (χ3v) is 2.66. The maximum atomic E-state index is 11.8. The van der Waals surface area contributed by atoms with Crippen molar-refractivity contribution in [2.45, 2.75) is 19.9 Å². The molecule has 0 fully saturated rings. The first-order valence-electron chi connectivity index (χ1n) is 6.81. The van der Waals surface area contributed by atoms with Gasteiger partial charge in [-0.15, -0.1) is 0 Å². The first kappa shape index (κ1) is 17.5. The number of hydrogen-bond donors (Lipinski definition) is 1. The highest BCUT2D eigenvalue weighted by Crippen LogP contribution is 2.13. The maximum absolute atomic E-state index is 11.8. The lowest BCUT2D eigenvalue weighted by atomic mass is 10.2. The summed E-state index contributed by atoms with van der Waals surface area (Å²) in [6.07, 6.45) is 0. The van der Waals surface area contributed by atoms with Crippen LogP contribution < -0.4 is 5.32 Å². The summed E-state index contributed by atoms with van der Waals surface area (Å²) in [5.41, 5.74) is 0.829. The zero-order chi connectivity index (χ0) is 16.5. The number of carbonyl (C=O) groups is 3. The highest BCUT2D eigenvalue weighted by Gasteiger charge is 2.29. The van der Waals surface area contributed by atoms with E-state index in [1.165, 1.54) is 19.2 Å².